The number of rotatable bonds is 3. The highest BCUT2D eigenvalue weighted by Gasteiger charge is 2.00. The molecule has 118 valence electrons. The van der Waals surface area contributed by atoms with E-state index in [2.05, 4.69) is 49.1 Å². The van der Waals surface area contributed by atoms with E-state index in [1.165, 1.54) is 17.4 Å². The van der Waals surface area contributed by atoms with E-state index in [0.29, 0.717) is 0 Å². The van der Waals surface area contributed by atoms with Crippen molar-refractivity contribution in [3.8, 4) is 11.1 Å². The van der Waals surface area contributed by atoms with E-state index in [1.807, 2.05) is 38.1 Å². The lowest BCUT2D eigenvalue weighted by molar-refractivity contribution is 0.339. The van der Waals surface area contributed by atoms with Crippen molar-refractivity contribution >= 4 is 17.7 Å². The third-order valence-electron chi connectivity index (χ3n) is 2.66. The standard InChI is InChI=1S/C15H13Cl.C3H6O.C2H6/c1-3-12-7-11(2)8-14(9-12)13-5-4-6-15(16)10-13;1-3-4-2;1-2/h3-10H,1H2,2H3;3H,1H2,2H3;1-2H3. The van der Waals surface area contributed by atoms with Gasteiger partial charge in [0.2, 0.25) is 0 Å². The second-order valence-electron chi connectivity index (χ2n) is 4.25. The molecular weight excluding hydrogens is 292 g/mol. The van der Waals surface area contributed by atoms with Crippen molar-refractivity contribution < 1.29 is 4.74 Å². The summed E-state index contributed by atoms with van der Waals surface area (Å²) in [6, 6.07) is 14.3. The predicted octanol–water partition coefficient (Wildman–Crippen LogP) is 6.76. The van der Waals surface area contributed by atoms with Gasteiger partial charge in [-0.3, -0.25) is 0 Å². The predicted molar refractivity (Wildman–Crippen MR) is 100 cm³/mol. The Bertz CT molecular complexity index is 588. The Morgan fingerprint density at radius 1 is 1.00 bits per heavy atom. The van der Waals surface area contributed by atoms with Crippen LogP contribution in [0.1, 0.15) is 25.0 Å². The summed E-state index contributed by atoms with van der Waals surface area (Å²) < 4.78 is 4.31. The molecule has 22 heavy (non-hydrogen) atoms. The summed E-state index contributed by atoms with van der Waals surface area (Å²) >= 11 is 5.99. The van der Waals surface area contributed by atoms with E-state index >= 15 is 0 Å². The molecule has 0 saturated heterocycles. The highest BCUT2D eigenvalue weighted by atomic mass is 35.5. The molecule has 0 aliphatic carbocycles. The maximum absolute atomic E-state index is 5.99. The minimum Gasteiger partial charge on any atom is -0.505 e. The molecule has 0 unspecified atom stereocenters. The van der Waals surface area contributed by atoms with E-state index in [-0.39, 0.29) is 0 Å². The van der Waals surface area contributed by atoms with Crippen molar-refractivity contribution in [2.24, 2.45) is 0 Å². The Kier molecular flexibility index (Phi) is 10.6. The van der Waals surface area contributed by atoms with E-state index < -0.39 is 0 Å². The van der Waals surface area contributed by atoms with Crippen LogP contribution in [-0.2, 0) is 4.74 Å². The Balaban J connectivity index is 0.000000640. The molecule has 2 aromatic rings. The van der Waals surface area contributed by atoms with Gasteiger partial charge in [0.1, 0.15) is 0 Å². The van der Waals surface area contributed by atoms with Gasteiger partial charge in [-0.05, 0) is 47.4 Å². The number of ether oxygens (including phenoxy) is 1. The maximum atomic E-state index is 5.99. The summed E-state index contributed by atoms with van der Waals surface area (Å²) in [6.07, 6.45) is 3.24. The molecule has 2 rings (SSSR count). The van der Waals surface area contributed by atoms with Gasteiger partial charge in [0, 0.05) is 5.02 Å². The minimum absolute atomic E-state index is 0.763. The van der Waals surface area contributed by atoms with E-state index in [1.54, 1.807) is 7.11 Å². The number of benzene rings is 2. The molecule has 0 radical (unpaired) electrons. The molecule has 2 heteroatoms. The van der Waals surface area contributed by atoms with Gasteiger partial charge >= 0.3 is 0 Å². The first-order chi connectivity index (χ1) is 10.6. The first-order valence-corrected chi connectivity index (χ1v) is 7.62. The van der Waals surface area contributed by atoms with Gasteiger partial charge in [-0.1, -0.05) is 68.9 Å². The van der Waals surface area contributed by atoms with E-state index in [4.69, 9.17) is 11.6 Å². The molecule has 0 spiro atoms. The van der Waals surface area contributed by atoms with Crippen LogP contribution in [0.15, 0.2) is 61.9 Å². The van der Waals surface area contributed by atoms with Crippen LogP contribution in [-0.4, -0.2) is 7.11 Å². The Morgan fingerprint density at radius 3 is 2.14 bits per heavy atom. The van der Waals surface area contributed by atoms with Crippen LogP contribution in [0.3, 0.4) is 0 Å². The molecule has 2 aromatic carbocycles. The molecule has 0 aliphatic heterocycles. The molecule has 0 amide bonds. The van der Waals surface area contributed by atoms with Gasteiger partial charge in [-0.2, -0.15) is 0 Å². The normalized spacial score (nSPS) is 8.59. The fourth-order valence-corrected chi connectivity index (χ4v) is 1.96. The SMILES string of the molecule is C=COC.C=Cc1cc(C)cc(-c2cccc(Cl)c2)c1.CC. The second-order valence-corrected chi connectivity index (χ2v) is 4.69. The molecule has 0 atom stereocenters. The van der Waals surface area contributed by atoms with Crippen molar-refractivity contribution in [3.63, 3.8) is 0 Å². The summed E-state index contributed by atoms with van der Waals surface area (Å²) in [5.74, 6) is 0. The monoisotopic (exact) mass is 316 g/mol. The molecule has 0 fully saturated rings. The quantitative estimate of drug-likeness (QED) is 0.568. The third-order valence-corrected chi connectivity index (χ3v) is 2.90. The molecular formula is C20H25ClO. The van der Waals surface area contributed by atoms with Crippen LogP contribution < -0.4 is 0 Å². The molecule has 0 heterocycles. The van der Waals surface area contributed by atoms with Crippen LogP contribution in [0.4, 0.5) is 0 Å². The highest BCUT2D eigenvalue weighted by molar-refractivity contribution is 6.30. The molecule has 0 saturated carbocycles. The lowest BCUT2D eigenvalue weighted by Crippen LogP contribution is -1.82. The lowest BCUT2D eigenvalue weighted by atomic mass is 10.0. The van der Waals surface area contributed by atoms with Crippen molar-refractivity contribution in [1.82, 2.24) is 0 Å². The lowest BCUT2D eigenvalue weighted by Gasteiger charge is -2.05. The fourth-order valence-electron chi connectivity index (χ4n) is 1.77. The maximum Gasteiger partial charge on any atom is 0.0766 e. The number of hydrogen-bond donors (Lipinski definition) is 0. The van der Waals surface area contributed by atoms with Gasteiger partial charge in [0.25, 0.3) is 0 Å². The Labute approximate surface area is 139 Å². The average molecular weight is 317 g/mol. The van der Waals surface area contributed by atoms with Crippen LogP contribution in [0.25, 0.3) is 17.2 Å². The molecule has 1 nitrogen and oxygen atoms in total. The fraction of sp³-hybridized carbons (Fsp3) is 0.200. The zero-order chi connectivity index (χ0) is 17.0. The van der Waals surface area contributed by atoms with E-state index in [9.17, 15) is 0 Å². The number of hydrogen-bond acceptors (Lipinski definition) is 1. The topological polar surface area (TPSA) is 9.23 Å². The van der Waals surface area contributed by atoms with Crippen LogP contribution in [0, 0.1) is 6.92 Å². The van der Waals surface area contributed by atoms with Gasteiger partial charge in [-0.15, -0.1) is 0 Å². The van der Waals surface area contributed by atoms with Gasteiger partial charge in [-0.25, -0.2) is 0 Å². The van der Waals surface area contributed by atoms with E-state index in [0.717, 1.165) is 16.1 Å². The Hall–Kier alpha value is -1.99. The van der Waals surface area contributed by atoms with Gasteiger partial charge < -0.3 is 4.74 Å². The first kappa shape index (κ1) is 20.0. The van der Waals surface area contributed by atoms with Crippen molar-refractivity contribution in [1.29, 1.82) is 0 Å². The number of methoxy groups -OCH3 is 1. The van der Waals surface area contributed by atoms with Crippen LogP contribution in [0.2, 0.25) is 5.02 Å². The highest BCUT2D eigenvalue weighted by Crippen LogP contribution is 2.25. The molecule has 0 bridgehead atoms. The first-order valence-electron chi connectivity index (χ1n) is 7.24. The Morgan fingerprint density at radius 2 is 1.64 bits per heavy atom. The largest absolute Gasteiger partial charge is 0.505 e. The zero-order valence-corrected chi connectivity index (χ0v) is 14.7. The number of aryl methyl sites for hydroxylation is 1. The third kappa shape index (κ3) is 7.14. The molecule has 0 N–H and O–H groups in total. The van der Waals surface area contributed by atoms with Crippen LogP contribution in [0.5, 0.6) is 0 Å². The summed E-state index contributed by atoms with van der Waals surface area (Å²) in [7, 11) is 1.56. The average Bonchev–Trinajstić information content (AvgIpc) is 2.56. The number of halogens is 1. The summed E-state index contributed by atoms with van der Waals surface area (Å²) in [5, 5.41) is 0.763. The molecule has 0 aromatic heterocycles. The van der Waals surface area contributed by atoms with Gasteiger partial charge in [0.05, 0.1) is 13.4 Å². The molecule has 0 aliphatic rings. The summed E-state index contributed by atoms with van der Waals surface area (Å²) in [5.41, 5.74) is 4.68. The smallest absolute Gasteiger partial charge is 0.0766 e. The second kappa shape index (κ2) is 11.6. The zero-order valence-electron chi connectivity index (χ0n) is 13.9. The van der Waals surface area contributed by atoms with Crippen molar-refractivity contribution in [3.05, 3.63) is 78.0 Å². The van der Waals surface area contributed by atoms with Crippen molar-refractivity contribution in [2.75, 3.05) is 7.11 Å². The minimum atomic E-state index is 0.763. The summed E-state index contributed by atoms with van der Waals surface area (Å²) in [4.78, 5) is 0. The summed E-state index contributed by atoms with van der Waals surface area (Å²) in [6.45, 7) is 13.1. The van der Waals surface area contributed by atoms with Crippen molar-refractivity contribution in [2.45, 2.75) is 20.8 Å². The van der Waals surface area contributed by atoms with Gasteiger partial charge in [0.15, 0.2) is 0 Å². The van der Waals surface area contributed by atoms with Crippen LogP contribution >= 0.6 is 11.6 Å².